The number of nitrogens with zero attached hydrogens (tertiary/aromatic N) is 1. The Bertz CT molecular complexity index is 384. The normalized spacial score (nSPS) is 16.4. The second-order valence-corrected chi connectivity index (χ2v) is 4.73. The van der Waals surface area contributed by atoms with E-state index in [1.165, 1.54) is 0 Å². The number of piperidine rings is 1. The van der Waals surface area contributed by atoms with Crippen LogP contribution in [0.2, 0.25) is 0 Å². The average Bonchev–Trinajstić information content (AvgIpc) is 2.76. The van der Waals surface area contributed by atoms with Crippen molar-refractivity contribution in [1.82, 2.24) is 10.2 Å². The summed E-state index contributed by atoms with van der Waals surface area (Å²) in [5, 5.41) is 3.20. The van der Waals surface area contributed by atoms with Gasteiger partial charge in [0.25, 0.3) is 5.91 Å². The number of rotatable bonds is 3. The Morgan fingerprint density at radius 3 is 2.67 bits per heavy atom. The predicted molar refractivity (Wildman–Crippen MR) is 73.2 cm³/mol. The first-order chi connectivity index (χ1) is 8.22. The third-order valence-electron chi connectivity index (χ3n) is 3.45. The van der Waals surface area contributed by atoms with Gasteiger partial charge >= 0.3 is 0 Å². The molecule has 0 atom stereocenters. The molecule has 0 spiro atoms. The molecular weight excluding hydrogens is 252 g/mol. The van der Waals surface area contributed by atoms with E-state index in [1.54, 1.807) is 6.26 Å². The van der Waals surface area contributed by atoms with Crippen LogP contribution in [0.5, 0.6) is 0 Å². The molecule has 4 nitrogen and oxygen atoms in total. The number of hydrogen-bond donors (Lipinski definition) is 1. The number of aryl methyl sites for hydroxylation is 1. The summed E-state index contributed by atoms with van der Waals surface area (Å²) < 4.78 is 5.25. The maximum absolute atomic E-state index is 12.2. The third kappa shape index (κ3) is 3.27. The summed E-state index contributed by atoms with van der Waals surface area (Å²) in [6.07, 6.45) is 3.73. The predicted octanol–water partition coefficient (Wildman–Crippen LogP) is 2.08. The Kier molecular flexibility index (Phi) is 5.69. The van der Waals surface area contributed by atoms with Gasteiger partial charge in [-0.25, -0.2) is 0 Å². The Hall–Kier alpha value is -1.00. The van der Waals surface area contributed by atoms with Crippen molar-refractivity contribution in [2.75, 3.05) is 26.7 Å². The van der Waals surface area contributed by atoms with E-state index in [2.05, 4.69) is 5.32 Å². The molecule has 0 unspecified atom stereocenters. The van der Waals surface area contributed by atoms with E-state index in [4.69, 9.17) is 4.42 Å². The van der Waals surface area contributed by atoms with Crippen LogP contribution in [0.15, 0.2) is 16.7 Å². The second-order valence-electron chi connectivity index (χ2n) is 4.73. The summed E-state index contributed by atoms with van der Waals surface area (Å²) in [4.78, 5) is 14.1. The monoisotopic (exact) mass is 272 g/mol. The molecule has 2 rings (SSSR count). The smallest absolute Gasteiger partial charge is 0.289 e. The van der Waals surface area contributed by atoms with Crippen LogP contribution in [0.25, 0.3) is 0 Å². The Morgan fingerprint density at radius 1 is 1.50 bits per heavy atom. The molecule has 18 heavy (non-hydrogen) atoms. The highest BCUT2D eigenvalue weighted by Crippen LogP contribution is 2.20. The van der Waals surface area contributed by atoms with Crippen LogP contribution < -0.4 is 5.32 Å². The molecule has 5 heteroatoms. The Balaban J connectivity index is 0.00000162. The van der Waals surface area contributed by atoms with Crippen molar-refractivity contribution in [3.8, 4) is 0 Å². The third-order valence-corrected chi connectivity index (χ3v) is 3.45. The summed E-state index contributed by atoms with van der Waals surface area (Å²) in [5.74, 6) is 1.23. The number of furan rings is 1. The molecule has 1 fully saturated rings. The van der Waals surface area contributed by atoms with E-state index < -0.39 is 0 Å². The van der Waals surface area contributed by atoms with Crippen LogP contribution in [0.4, 0.5) is 0 Å². The molecule has 0 radical (unpaired) electrons. The summed E-state index contributed by atoms with van der Waals surface area (Å²) in [5.41, 5.74) is 0.923. The molecule has 0 aromatic carbocycles. The average molecular weight is 273 g/mol. The van der Waals surface area contributed by atoms with Crippen molar-refractivity contribution in [3.63, 3.8) is 0 Å². The van der Waals surface area contributed by atoms with Crippen molar-refractivity contribution >= 4 is 18.3 Å². The molecule has 1 aromatic rings. The number of amides is 1. The number of likely N-dealkylation sites (tertiary alicyclic amines) is 1. The lowest BCUT2D eigenvalue weighted by Gasteiger charge is -2.31. The topological polar surface area (TPSA) is 45.5 Å². The summed E-state index contributed by atoms with van der Waals surface area (Å²) in [6.45, 7) is 4.63. The number of hydrogen-bond acceptors (Lipinski definition) is 3. The van der Waals surface area contributed by atoms with E-state index in [0.29, 0.717) is 11.7 Å². The first-order valence-electron chi connectivity index (χ1n) is 6.20. The van der Waals surface area contributed by atoms with Gasteiger partial charge in [0.2, 0.25) is 0 Å². The van der Waals surface area contributed by atoms with Gasteiger partial charge in [-0.05, 0) is 45.3 Å². The molecule has 1 N–H and O–H groups in total. The molecular formula is C13H21ClN2O2. The van der Waals surface area contributed by atoms with E-state index >= 15 is 0 Å². The zero-order valence-electron chi connectivity index (χ0n) is 10.9. The number of carbonyl (C=O) groups excluding carboxylic acids is 1. The van der Waals surface area contributed by atoms with Crippen LogP contribution in [0.3, 0.4) is 0 Å². The molecule has 1 saturated heterocycles. The van der Waals surface area contributed by atoms with Gasteiger partial charge < -0.3 is 14.6 Å². The number of nitrogens with one attached hydrogen (secondary N) is 1. The fourth-order valence-electron chi connectivity index (χ4n) is 2.36. The first kappa shape index (κ1) is 15.1. The zero-order valence-corrected chi connectivity index (χ0v) is 11.8. The lowest BCUT2D eigenvalue weighted by Crippen LogP contribution is -2.40. The number of carbonyl (C=O) groups is 1. The van der Waals surface area contributed by atoms with E-state index in [0.717, 1.165) is 38.0 Å². The van der Waals surface area contributed by atoms with Crippen LogP contribution in [-0.4, -0.2) is 37.5 Å². The van der Waals surface area contributed by atoms with Gasteiger partial charge in [0.1, 0.15) is 0 Å². The zero-order chi connectivity index (χ0) is 12.3. The fourth-order valence-corrected chi connectivity index (χ4v) is 2.36. The number of halogens is 1. The maximum Gasteiger partial charge on any atom is 0.289 e. The van der Waals surface area contributed by atoms with Gasteiger partial charge in [-0.2, -0.15) is 0 Å². The minimum atomic E-state index is 0. The fraction of sp³-hybridized carbons (Fsp3) is 0.615. The van der Waals surface area contributed by atoms with Gasteiger partial charge in [0, 0.05) is 18.7 Å². The molecule has 102 valence electrons. The first-order valence-corrected chi connectivity index (χ1v) is 6.20. The summed E-state index contributed by atoms with van der Waals surface area (Å²) >= 11 is 0. The molecule has 2 heterocycles. The maximum atomic E-state index is 12.2. The van der Waals surface area contributed by atoms with Crippen molar-refractivity contribution in [3.05, 3.63) is 23.7 Å². The van der Waals surface area contributed by atoms with Crippen LogP contribution >= 0.6 is 12.4 Å². The molecule has 1 aromatic heterocycles. The second kappa shape index (κ2) is 6.81. The lowest BCUT2D eigenvalue weighted by molar-refractivity contribution is 0.0658. The van der Waals surface area contributed by atoms with Crippen molar-refractivity contribution in [2.24, 2.45) is 5.92 Å². The Morgan fingerprint density at radius 2 is 2.17 bits per heavy atom. The highest BCUT2D eigenvalue weighted by molar-refractivity contribution is 5.92. The minimum absolute atomic E-state index is 0. The molecule has 1 amide bonds. The summed E-state index contributed by atoms with van der Waals surface area (Å²) in [7, 11) is 1.98. The lowest BCUT2D eigenvalue weighted by atomic mass is 9.96. The molecule has 1 aliphatic rings. The highest BCUT2D eigenvalue weighted by Gasteiger charge is 2.25. The molecule has 0 saturated carbocycles. The largest absolute Gasteiger partial charge is 0.459 e. The van der Waals surface area contributed by atoms with Gasteiger partial charge in [-0.15, -0.1) is 12.4 Å². The Labute approximate surface area is 114 Å². The molecule has 0 bridgehead atoms. The highest BCUT2D eigenvalue weighted by atomic mass is 35.5. The quantitative estimate of drug-likeness (QED) is 0.916. The van der Waals surface area contributed by atoms with Gasteiger partial charge in [0.05, 0.1) is 6.26 Å². The van der Waals surface area contributed by atoms with Crippen LogP contribution in [-0.2, 0) is 0 Å². The van der Waals surface area contributed by atoms with Crippen LogP contribution in [0, 0.1) is 12.8 Å². The SMILES string of the molecule is CNCC1CCN(C(=O)c2occc2C)CC1.Cl. The molecule has 0 aliphatic carbocycles. The summed E-state index contributed by atoms with van der Waals surface area (Å²) in [6, 6.07) is 1.83. The van der Waals surface area contributed by atoms with E-state index in [9.17, 15) is 4.79 Å². The van der Waals surface area contributed by atoms with Crippen LogP contribution in [0.1, 0.15) is 29.0 Å². The standard InChI is InChI=1S/C13H20N2O2.ClH/c1-10-5-8-17-12(10)13(16)15-6-3-11(4-7-15)9-14-2;/h5,8,11,14H,3-4,6-7,9H2,1-2H3;1H. The van der Waals surface area contributed by atoms with Gasteiger partial charge in [-0.3, -0.25) is 4.79 Å². The molecule has 1 aliphatic heterocycles. The van der Waals surface area contributed by atoms with Gasteiger partial charge in [-0.1, -0.05) is 0 Å². The van der Waals surface area contributed by atoms with E-state index in [1.807, 2.05) is 24.9 Å². The van der Waals surface area contributed by atoms with Crippen molar-refractivity contribution in [2.45, 2.75) is 19.8 Å². The van der Waals surface area contributed by atoms with Crippen molar-refractivity contribution < 1.29 is 9.21 Å². The van der Waals surface area contributed by atoms with Crippen molar-refractivity contribution in [1.29, 1.82) is 0 Å². The van der Waals surface area contributed by atoms with Gasteiger partial charge in [0.15, 0.2) is 5.76 Å². The van der Waals surface area contributed by atoms with E-state index in [-0.39, 0.29) is 18.3 Å². The minimum Gasteiger partial charge on any atom is -0.459 e.